The number of benzene rings is 3. The Kier molecular flexibility index (Phi) is 4.97. The van der Waals surface area contributed by atoms with E-state index in [-0.39, 0.29) is 5.91 Å². The second-order valence-electron chi connectivity index (χ2n) is 7.58. The third-order valence-corrected chi connectivity index (χ3v) is 6.58. The number of hydroxylamine groups is 1. The Bertz CT molecular complexity index is 1180. The van der Waals surface area contributed by atoms with Crippen molar-refractivity contribution in [1.29, 1.82) is 0 Å². The quantitative estimate of drug-likeness (QED) is 0.502. The highest BCUT2D eigenvalue weighted by Crippen LogP contribution is 2.49. The maximum Gasteiger partial charge on any atom is 0.266 e. The third-order valence-electron chi connectivity index (χ3n) is 5.83. The molecule has 2 aliphatic heterocycles. The van der Waals surface area contributed by atoms with Crippen molar-refractivity contribution in [2.45, 2.75) is 19.1 Å². The van der Waals surface area contributed by atoms with E-state index < -0.39 is 24.0 Å². The summed E-state index contributed by atoms with van der Waals surface area (Å²) in [7, 11) is 0. The van der Waals surface area contributed by atoms with Gasteiger partial charge >= 0.3 is 0 Å². The average Bonchev–Trinajstić information content (AvgIpc) is 3.28. The molecule has 0 N–H and O–H groups in total. The number of hydrogen-bond acceptors (Lipinski definition) is 4. The maximum absolute atomic E-state index is 13.6. The van der Waals surface area contributed by atoms with Gasteiger partial charge in [-0.2, -0.15) is 0 Å². The van der Waals surface area contributed by atoms with Crippen LogP contribution in [-0.4, -0.2) is 17.9 Å². The van der Waals surface area contributed by atoms with Crippen molar-refractivity contribution < 1.29 is 14.4 Å². The molecule has 2 aliphatic rings. The maximum atomic E-state index is 13.6. The number of nitrogens with zero attached hydrogens (tertiary/aromatic N) is 2. The van der Waals surface area contributed by atoms with E-state index in [0.717, 1.165) is 11.3 Å². The fourth-order valence-corrected chi connectivity index (χ4v) is 4.74. The molecule has 2 saturated heterocycles. The zero-order valence-electron chi connectivity index (χ0n) is 16.5. The van der Waals surface area contributed by atoms with E-state index in [1.165, 1.54) is 4.90 Å². The summed E-state index contributed by atoms with van der Waals surface area (Å²) in [4.78, 5) is 34.3. The highest BCUT2D eigenvalue weighted by atomic mass is 35.5. The van der Waals surface area contributed by atoms with E-state index in [1.54, 1.807) is 36.3 Å². The van der Waals surface area contributed by atoms with Gasteiger partial charge in [0.2, 0.25) is 5.91 Å². The summed E-state index contributed by atoms with van der Waals surface area (Å²) in [6, 6.07) is 21.3. The molecule has 2 amide bonds. The Morgan fingerprint density at radius 1 is 0.806 bits per heavy atom. The molecule has 7 heteroatoms. The van der Waals surface area contributed by atoms with Crippen LogP contribution < -0.4 is 9.96 Å². The van der Waals surface area contributed by atoms with Crippen LogP contribution >= 0.6 is 23.2 Å². The van der Waals surface area contributed by atoms with Crippen molar-refractivity contribution >= 4 is 46.4 Å². The number of para-hydroxylation sites is 1. The normalized spacial score (nSPS) is 22.9. The third kappa shape index (κ3) is 3.12. The minimum atomic E-state index is -0.952. The van der Waals surface area contributed by atoms with Crippen LogP contribution in [0.5, 0.6) is 0 Å². The smallest absolute Gasteiger partial charge is 0.266 e. The zero-order chi connectivity index (χ0) is 21.7. The number of carbonyl (C=O) groups is 2. The van der Waals surface area contributed by atoms with Gasteiger partial charge in [-0.3, -0.25) is 14.4 Å². The fraction of sp³-hybridized carbons (Fsp3) is 0.167. The molecule has 0 aromatic heterocycles. The van der Waals surface area contributed by atoms with Crippen molar-refractivity contribution in [1.82, 2.24) is 0 Å². The van der Waals surface area contributed by atoms with Gasteiger partial charge in [0.15, 0.2) is 6.10 Å². The summed E-state index contributed by atoms with van der Waals surface area (Å²) in [5, 5.41) is 2.63. The zero-order valence-corrected chi connectivity index (χ0v) is 18.0. The largest absolute Gasteiger partial charge is 0.273 e. The molecule has 2 heterocycles. The number of amides is 2. The molecular formula is C24H18Cl2N2O3. The predicted octanol–water partition coefficient (Wildman–Crippen LogP) is 5.35. The fourth-order valence-electron chi connectivity index (χ4n) is 4.32. The number of carbonyl (C=O) groups excluding carboxylic acids is 2. The van der Waals surface area contributed by atoms with E-state index in [9.17, 15) is 9.59 Å². The first-order valence-corrected chi connectivity index (χ1v) is 10.6. The van der Waals surface area contributed by atoms with Gasteiger partial charge < -0.3 is 0 Å². The van der Waals surface area contributed by atoms with Crippen LogP contribution in [-0.2, 0) is 14.4 Å². The van der Waals surface area contributed by atoms with E-state index in [4.69, 9.17) is 28.0 Å². The SMILES string of the molecule is Cc1c(Cl)cccc1N1C(=O)[C@@H]2[C@@H](ON(c3ccccc3)[C@H]2c2ccccc2Cl)C1=O. The van der Waals surface area contributed by atoms with E-state index in [2.05, 4.69) is 0 Å². The minimum absolute atomic E-state index is 0.330. The summed E-state index contributed by atoms with van der Waals surface area (Å²) in [6.45, 7) is 1.79. The average molecular weight is 453 g/mol. The lowest BCUT2D eigenvalue weighted by molar-refractivity contribution is -0.126. The number of hydrogen-bond donors (Lipinski definition) is 0. The van der Waals surface area contributed by atoms with E-state index in [1.807, 2.05) is 48.5 Å². The van der Waals surface area contributed by atoms with Crippen molar-refractivity contribution in [2.75, 3.05) is 9.96 Å². The Morgan fingerprint density at radius 2 is 1.48 bits per heavy atom. The molecule has 3 atom stereocenters. The first-order valence-electron chi connectivity index (χ1n) is 9.87. The van der Waals surface area contributed by atoms with Crippen molar-refractivity contribution in [3.05, 3.63) is 94.0 Å². The lowest BCUT2D eigenvalue weighted by Gasteiger charge is -2.29. The van der Waals surface area contributed by atoms with Gasteiger partial charge in [-0.1, -0.05) is 65.7 Å². The molecule has 2 fully saturated rings. The van der Waals surface area contributed by atoms with Gasteiger partial charge in [0.1, 0.15) is 5.92 Å². The summed E-state index contributed by atoms with van der Waals surface area (Å²) in [5.74, 6) is -1.48. The highest BCUT2D eigenvalue weighted by Gasteiger charge is 2.60. The molecule has 0 radical (unpaired) electrons. The molecule has 0 bridgehead atoms. The molecule has 5 rings (SSSR count). The van der Waals surface area contributed by atoms with Gasteiger partial charge in [-0.15, -0.1) is 0 Å². The highest BCUT2D eigenvalue weighted by molar-refractivity contribution is 6.33. The van der Waals surface area contributed by atoms with Gasteiger partial charge in [-0.25, -0.2) is 9.96 Å². The Balaban J connectivity index is 1.63. The van der Waals surface area contributed by atoms with Crippen LogP contribution in [0.15, 0.2) is 72.8 Å². The topological polar surface area (TPSA) is 49.9 Å². The molecule has 31 heavy (non-hydrogen) atoms. The van der Waals surface area contributed by atoms with Crippen LogP contribution in [0.25, 0.3) is 0 Å². The number of halogens is 2. The number of fused-ring (bicyclic) bond motifs is 1. The second-order valence-corrected chi connectivity index (χ2v) is 8.39. The molecule has 0 aliphatic carbocycles. The Hall–Kier alpha value is -2.86. The first kappa shape index (κ1) is 20.1. The van der Waals surface area contributed by atoms with Crippen LogP contribution in [0.4, 0.5) is 11.4 Å². The monoisotopic (exact) mass is 452 g/mol. The molecule has 0 saturated carbocycles. The predicted molar refractivity (Wildman–Crippen MR) is 120 cm³/mol. The lowest BCUT2D eigenvalue weighted by atomic mass is 9.90. The number of anilines is 2. The van der Waals surface area contributed by atoms with Crippen LogP contribution in [0.2, 0.25) is 10.0 Å². The summed E-state index contributed by atoms with van der Waals surface area (Å²) in [6.07, 6.45) is -0.952. The van der Waals surface area contributed by atoms with Gasteiger partial charge in [0.25, 0.3) is 5.91 Å². The van der Waals surface area contributed by atoms with E-state index in [0.29, 0.717) is 21.3 Å². The van der Waals surface area contributed by atoms with Gasteiger partial charge in [0, 0.05) is 10.0 Å². The van der Waals surface area contributed by atoms with Gasteiger partial charge in [0.05, 0.1) is 17.4 Å². The molecule has 0 unspecified atom stereocenters. The second kappa shape index (κ2) is 7.68. The summed E-state index contributed by atoms with van der Waals surface area (Å²) >= 11 is 12.8. The Labute approximate surface area is 189 Å². The molecule has 3 aromatic carbocycles. The summed E-state index contributed by atoms with van der Waals surface area (Å²) < 4.78 is 0. The molecular weight excluding hydrogens is 435 g/mol. The molecule has 156 valence electrons. The lowest BCUT2D eigenvalue weighted by Crippen LogP contribution is -2.37. The van der Waals surface area contributed by atoms with E-state index >= 15 is 0 Å². The van der Waals surface area contributed by atoms with Crippen LogP contribution in [0.1, 0.15) is 17.2 Å². The molecule has 5 nitrogen and oxygen atoms in total. The Morgan fingerprint density at radius 3 is 2.23 bits per heavy atom. The molecule has 0 spiro atoms. The molecule has 3 aromatic rings. The van der Waals surface area contributed by atoms with Crippen LogP contribution in [0, 0.1) is 12.8 Å². The van der Waals surface area contributed by atoms with Gasteiger partial charge in [-0.05, 0) is 48.4 Å². The number of rotatable bonds is 3. The van der Waals surface area contributed by atoms with Crippen LogP contribution in [0.3, 0.4) is 0 Å². The number of imide groups is 1. The summed E-state index contributed by atoms with van der Waals surface area (Å²) in [5.41, 5.74) is 2.61. The van der Waals surface area contributed by atoms with Crippen molar-refractivity contribution in [2.24, 2.45) is 5.92 Å². The first-order chi connectivity index (χ1) is 15.0. The minimum Gasteiger partial charge on any atom is -0.273 e. The standard InChI is InChI=1S/C24H18Cl2N2O3/c1-14-17(25)12-7-13-19(14)27-23(29)20-21(16-10-5-6-11-18(16)26)28(31-22(20)24(27)30)15-8-3-2-4-9-15/h2-13,20-22H,1H3/t20-,21-,22+/m0/s1. The van der Waals surface area contributed by atoms with Crippen molar-refractivity contribution in [3.63, 3.8) is 0 Å². The van der Waals surface area contributed by atoms with Crippen molar-refractivity contribution in [3.8, 4) is 0 Å².